The maximum Gasteiger partial charge on any atom is 0.127 e. The fourth-order valence-electron chi connectivity index (χ4n) is 2.22. The molecule has 0 bridgehead atoms. The third-order valence-corrected chi connectivity index (χ3v) is 3.16. The van der Waals surface area contributed by atoms with E-state index in [0.717, 1.165) is 23.7 Å². The minimum atomic E-state index is 0.867. The smallest absolute Gasteiger partial charge is 0.127 e. The maximum atomic E-state index is 4.27. The molecule has 1 heterocycles. The van der Waals surface area contributed by atoms with Crippen LogP contribution in [0.25, 0.3) is 10.8 Å². The van der Waals surface area contributed by atoms with E-state index in [0.29, 0.717) is 0 Å². The first kappa shape index (κ1) is 12.5. The summed E-state index contributed by atoms with van der Waals surface area (Å²) >= 11 is 0. The van der Waals surface area contributed by atoms with Gasteiger partial charge in [-0.2, -0.15) is 0 Å². The average molecular weight is 263 g/mol. The number of aromatic nitrogens is 1. The van der Waals surface area contributed by atoms with Gasteiger partial charge in [0.2, 0.25) is 0 Å². The van der Waals surface area contributed by atoms with Crippen LogP contribution in [-0.4, -0.2) is 11.5 Å². The van der Waals surface area contributed by atoms with Gasteiger partial charge in [0, 0.05) is 30.2 Å². The molecular formula is C17H17N3. The van der Waals surface area contributed by atoms with E-state index < -0.39 is 0 Å². The third kappa shape index (κ3) is 2.72. The first-order valence-corrected chi connectivity index (χ1v) is 6.81. The van der Waals surface area contributed by atoms with Gasteiger partial charge in [-0.3, -0.25) is 0 Å². The molecule has 100 valence electrons. The number of benzene rings is 2. The molecule has 3 heteroatoms. The van der Waals surface area contributed by atoms with Gasteiger partial charge in [0.1, 0.15) is 5.82 Å². The summed E-state index contributed by atoms with van der Waals surface area (Å²) in [6.07, 6.45) is 1.81. The molecule has 0 saturated carbocycles. The second kappa shape index (κ2) is 5.61. The number of anilines is 3. The van der Waals surface area contributed by atoms with Gasteiger partial charge in [0.05, 0.1) is 0 Å². The van der Waals surface area contributed by atoms with Gasteiger partial charge in [-0.15, -0.1) is 0 Å². The molecular weight excluding hydrogens is 246 g/mol. The van der Waals surface area contributed by atoms with Gasteiger partial charge in [0.25, 0.3) is 0 Å². The lowest BCUT2D eigenvalue weighted by molar-refractivity contribution is 1.16. The maximum absolute atomic E-state index is 4.27. The molecule has 0 atom stereocenters. The minimum absolute atomic E-state index is 0.867. The van der Waals surface area contributed by atoms with Crippen LogP contribution >= 0.6 is 0 Å². The van der Waals surface area contributed by atoms with Crippen molar-refractivity contribution in [3.8, 4) is 0 Å². The van der Waals surface area contributed by atoms with E-state index in [1.807, 2.05) is 12.1 Å². The van der Waals surface area contributed by atoms with Crippen molar-refractivity contribution in [1.29, 1.82) is 0 Å². The first-order chi connectivity index (χ1) is 9.85. The van der Waals surface area contributed by atoms with E-state index in [9.17, 15) is 0 Å². The molecule has 0 aliphatic carbocycles. The summed E-state index contributed by atoms with van der Waals surface area (Å²) in [7, 11) is 0. The molecule has 0 amide bonds. The number of hydrogen-bond donors (Lipinski definition) is 2. The summed E-state index contributed by atoms with van der Waals surface area (Å²) in [5.41, 5.74) is 2.11. The van der Waals surface area contributed by atoms with Crippen LogP contribution in [0.1, 0.15) is 6.92 Å². The second-order valence-electron chi connectivity index (χ2n) is 4.65. The van der Waals surface area contributed by atoms with Gasteiger partial charge in [0.15, 0.2) is 0 Å². The van der Waals surface area contributed by atoms with Gasteiger partial charge in [-0.1, -0.05) is 30.3 Å². The number of rotatable bonds is 4. The zero-order chi connectivity index (χ0) is 13.8. The molecule has 3 nitrogen and oxygen atoms in total. The van der Waals surface area contributed by atoms with Crippen molar-refractivity contribution in [3.05, 3.63) is 60.8 Å². The predicted molar refractivity (Wildman–Crippen MR) is 85.6 cm³/mol. The van der Waals surface area contributed by atoms with Crippen LogP contribution in [0, 0.1) is 0 Å². The molecule has 0 aliphatic rings. The highest BCUT2D eigenvalue weighted by Crippen LogP contribution is 2.23. The van der Waals surface area contributed by atoms with Crippen molar-refractivity contribution >= 4 is 28.0 Å². The van der Waals surface area contributed by atoms with Crippen LogP contribution < -0.4 is 10.6 Å². The van der Waals surface area contributed by atoms with Crippen molar-refractivity contribution in [2.24, 2.45) is 0 Å². The quantitative estimate of drug-likeness (QED) is 0.732. The predicted octanol–water partition coefficient (Wildman–Crippen LogP) is 4.41. The summed E-state index contributed by atoms with van der Waals surface area (Å²) in [5.74, 6) is 0.887. The molecule has 0 radical (unpaired) electrons. The standard InChI is InChI=1S/C17H17N3/c1-2-18-17-12-16(9-10-19-17)20-15-8-7-13-5-3-4-6-14(13)11-15/h3-12H,2H2,1H3,(H2,18,19,20). The fourth-order valence-corrected chi connectivity index (χ4v) is 2.22. The van der Waals surface area contributed by atoms with Crippen LogP contribution in [0.5, 0.6) is 0 Å². The van der Waals surface area contributed by atoms with Crippen LogP contribution in [0.4, 0.5) is 17.2 Å². The molecule has 0 saturated heterocycles. The van der Waals surface area contributed by atoms with E-state index in [4.69, 9.17) is 0 Å². The number of nitrogens with zero attached hydrogens (tertiary/aromatic N) is 1. The molecule has 0 unspecified atom stereocenters. The summed E-state index contributed by atoms with van der Waals surface area (Å²) in [6, 6.07) is 18.7. The Balaban J connectivity index is 1.87. The highest BCUT2D eigenvalue weighted by atomic mass is 15.0. The van der Waals surface area contributed by atoms with Gasteiger partial charge >= 0.3 is 0 Å². The molecule has 1 aromatic heterocycles. The van der Waals surface area contributed by atoms with Gasteiger partial charge in [-0.05, 0) is 35.9 Å². The van der Waals surface area contributed by atoms with Crippen LogP contribution in [0.3, 0.4) is 0 Å². The lowest BCUT2D eigenvalue weighted by Crippen LogP contribution is -1.99. The highest BCUT2D eigenvalue weighted by molar-refractivity contribution is 5.86. The first-order valence-electron chi connectivity index (χ1n) is 6.81. The Hall–Kier alpha value is -2.55. The van der Waals surface area contributed by atoms with Crippen molar-refractivity contribution in [3.63, 3.8) is 0 Å². The number of fused-ring (bicyclic) bond motifs is 1. The Morgan fingerprint density at radius 1 is 0.900 bits per heavy atom. The Morgan fingerprint density at radius 2 is 1.70 bits per heavy atom. The van der Waals surface area contributed by atoms with E-state index in [-0.39, 0.29) is 0 Å². The lowest BCUT2D eigenvalue weighted by atomic mass is 10.1. The zero-order valence-corrected chi connectivity index (χ0v) is 11.4. The summed E-state index contributed by atoms with van der Waals surface area (Å²) in [4.78, 5) is 4.27. The molecule has 0 aliphatic heterocycles. The number of pyridine rings is 1. The fraction of sp³-hybridized carbons (Fsp3) is 0.118. The molecule has 3 rings (SSSR count). The molecule has 3 aromatic rings. The van der Waals surface area contributed by atoms with Crippen molar-refractivity contribution in [2.75, 3.05) is 17.2 Å². The summed E-state index contributed by atoms with van der Waals surface area (Å²) in [6.45, 7) is 2.93. The van der Waals surface area contributed by atoms with Gasteiger partial charge in [-0.25, -0.2) is 4.98 Å². The normalized spacial score (nSPS) is 10.4. The monoisotopic (exact) mass is 263 g/mol. The molecule has 2 aromatic carbocycles. The van der Waals surface area contributed by atoms with Crippen molar-refractivity contribution < 1.29 is 0 Å². The number of hydrogen-bond acceptors (Lipinski definition) is 3. The average Bonchev–Trinajstić information content (AvgIpc) is 2.48. The van der Waals surface area contributed by atoms with Crippen LogP contribution in [-0.2, 0) is 0 Å². The van der Waals surface area contributed by atoms with E-state index in [2.05, 4.69) is 65.0 Å². The lowest BCUT2D eigenvalue weighted by Gasteiger charge is -2.09. The largest absolute Gasteiger partial charge is 0.370 e. The molecule has 20 heavy (non-hydrogen) atoms. The molecule has 2 N–H and O–H groups in total. The number of nitrogens with one attached hydrogen (secondary N) is 2. The van der Waals surface area contributed by atoms with Crippen molar-refractivity contribution in [2.45, 2.75) is 6.92 Å². The van der Waals surface area contributed by atoms with Crippen LogP contribution in [0.15, 0.2) is 60.8 Å². The van der Waals surface area contributed by atoms with E-state index >= 15 is 0 Å². The Morgan fingerprint density at radius 3 is 2.55 bits per heavy atom. The SMILES string of the molecule is CCNc1cc(Nc2ccc3ccccc3c2)ccn1. The molecule has 0 spiro atoms. The van der Waals surface area contributed by atoms with Crippen LogP contribution in [0.2, 0.25) is 0 Å². The zero-order valence-electron chi connectivity index (χ0n) is 11.4. The topological polar surface area (TPSA) is 37.0 Å². The van der Waals surface area contributed by atoms with E-state index in [1.54, 1.807) is 6.20 Å². The molecule has 0 fully saturated rings. The summed E-state index contributed by atoms with van der Waals surface area (Å²) < 4.78 is 0. The summed E-state index contributed by atoms with van der Waals surface area (Å²) in [5, 5.41) is 9.11. The Bertz CT molecular complexity index is 722. The second-order valence-corrected chi connectivity index (χ2v) is 4.65. The van der Waals surface area contributed by atoms with Crippen molar-refractivity contribution in [1.82, 2.24) is 4.98 Å². The Kier molecular flexibility index (Phi) is 3.50. The minimum Gasteiger partial charge on any atom is -0.370 e. The van der Waals surface area contributed by atoms with Gasteiger partial charge < -0.3 is 10.6 Å². The Labute approximate surface area is 118 Å². The third-order valence-electron chi connectivity index (χ3n) is 3.16. The van der Waals surface area contributed by atoms with E-state index in [1.165, 1.54) is 10.8 Å². The highest BCUT2D eigenvalue weighted by Gasteiger charge is 1.99.